The van der Waals surface area contributed by atoms with Crippen LogP contribution in [0.15, 0.2) is 59.2 Å². The van der Waals surface area contributed by atoms with E-state index in [2.05, 4.69) is 55.7 Å². The van der Waals surface area contributed by atoms with Crippen LogP contribution in [0.2, 0.25) is 0 Å². The molecular formula is C20H18BrN5O. The number of hydrogen-bond donors (Lipinski definition) is 1. The minimum Gasteiger partial charge on any atom is -0.304 e. The van der Waals surface area contributed by atoms with Gasteiger partial charge in [-0.25, -0.2) is 0 Å². The molecule has 0 atom stereocenters. The lowest BCUT2D eigenvalue weighted by Gasteiger charge is -2.07. The Morgan fingerprint density at radius 1 is 1.11 bits per heavy atom. The second-order valence-electron chi connectivity index (χ2n) is 6.36. The van der Waals surface area contributed by atoms with E-state index in [1.807, 2.05) is 36.0 Å². The Morgan fingerprint density at radius 3 is 2.67 bits per heavy atom. The van der Waals surface area contributed by atoms with E-state index in [0.717, 1.165) is 5.69 Å². The molecule has 0 aliphatic carbocycles. The number of aryl methyl sites for hydroxylation is 2. The van der Waals surface area contributed by atoms with Crippen molar-refractivity contribution in [2.24, 2.45) is 7.05 Å². The van der Waals surface area contributed by atoms with E-state index in [4.69, 9.17) is 0 Å². The molecular weight excluding hydrogens is 406 g/mol. The quantitative estimate of drug-likeness (QED) is 0.536. The molecule has 27 heavy (non-hydrogen) atoms. The highest BCUT2D eigenvalue weighted by Gasteiger charge is 2.19. The maximum atomic E-state index is 12.6. The third-order valence-electron chi connectivity index (χ3n) is 4.46. The normalized spacial score (nSPS) is 11.1. The number of carbonyl (C=O) groups is 1. The molecule has 2 aromatic carbocycles. The Morgan fingerprint density at radius 2 is 1.89 bits per heavy atom. The number of amides is 1. The van der Waals surface area contributed by atoms with Crippen molar-refractivity contribution in [3.63, 3.8) is 0 Å². The number of rotatable bonds is 4. The number of carbonyl (C=O) groups excluding carboxylic acids is 1. The molecule has 4 aromatic rings. The summed E-state index contributed by atoms with van der Waals surface area (Å²) in [5, 5.41) is 14.0. The van der Waals surface area contributed by atoms with Crippen molar-refractivity contribution in [1.82, 2.24) is 19.6 Å². The summed E-state index contributed by atoms with van der Waals surface area (Å²) in [5.41, 5.74) is 2.42. The lowest BCUT2D eigenvalue weighted by atomic mass is 10.0. The van der Waals surface area contributed by atoms with Gasteiger partial charge in [0.25, 0.3) is 5.91 Å². The Labute approximate surface area is 164 Å². The summed E-state index contributed by atoms with van der Waals surface area (Å²) in [5.74, 6) is 0.256. The summed E-state index contributed by atoms with van der Waals surface area (Å²) in [4.78, 5) is 12.6. The van der Waals surface area contributed by atoms with Crippen LogP contribution in [0, 0.1) is 6.92 Å². The van der Waals surface area contributed by atoms with Crippen molar-refractivity contribution in [2.75, 3.05) is 5.32 Å². The predicted molar refractivity (Wildman–Crippen MR) is 109 cm³/mol. The predicted octanol–water partition coefficient (Wildman–Crippen LogP) is 4.14. The zero-order valence-electron chi connectivity index (χ0n) is 15.0. The maximum absolute atomic E-state index is 12.6. The molecule has 0 spiro atoms. The lowest BCUT2D eigenvalue weighted by Crippen LogP contribution is -2.17. The van der Waals surface area contributed by atoms with Crippen LogP contribution in [0.25, 0.3) is 10.8 Å². The van der Waals surface area contributed by atoms with Crippen molar-refractivity contribution in [2.45, 2.75) is 13.5 Å². The molecule has 1 N–H and O–H groups in total. The number of fused-ring (bicyclic) bond motifs is 1. The van der Waals surface area contributed by atoms with Gasteiger partial charge < -0.3 is 5.32 Å². The molecule has 0 saturated heterocycles. The summed E-state index contributed by atoms with van der Waals surface area (Å²) in [6, 6.07) is 16.3. The van der Waals surface area contributed by atoms with Gasteiger partial charge in [0, 0.05) is 19.3 Å². The van der Waals surface area contributed by atoms with Gasteiger partial charge in [0.1, 0.15) is 5.69 Å². The van der Waals surface area contributed by atoms with E-state index in [1.165, 1.54) is 16.3 Å². The van der Waals surface area contributed by atoms with Gasteiger partial charge in [-0.1, -0.05) is 42.5 Å². The number of nitrogens with one attached hydrogen (secondary N) is 1. The van der Waals surface area contributed by atoms with Gasteiger partial charge in [0.15, 0.2) is 5.82 Å². The van der Waals surface area contributed by atoms with Gasteiger partial charge in [0.05, 0.1) is 16.7 Å². The molecule has 1 amide bonds. The molecule has 0 saturated carbocycles. The van der Waals surface area contributed by atoms with Gasteiger partial charge in [-0.2, -0.15) is 10.2 Å². The fourth-order valence-corrected chi connectivity index (χ4v) is 3.69. The van der Waals surface area contributed by atoms with Crippen LogP contribution in [0.1, 0.15) is 21.7 Å². The molecule has 0 unspecified atom stereocenters. The minimum atomic E-state index is -0.250. The number of anilines is 1. The molecule has 6 nitrogen and oxygen atoms in total. The molecule has 0 aliphatic heterocycles. The highest BCUT2D eigenvalue weighted by atomic mass is 79.9. The zero-order chi connectivity index (χ0) is 19.0. The van der Waals surface area contributed by atoms with Crippen molar-refractivity contribution in [3.05, 3.63) is 76.2 Å². The van der Waals surface area contributed by atoms with Gasteiger partial charge in [0.2, 0.25) is 0 Å². The van der Waals surface area contributed by atoms with Crippen LogP contribution in [-0.2, 0) is 13.6 Å². The van der Waals surface area contributed by atoms with Crippen LogP contribution in [0.5, 0.6) is 0 Å². The molecule has 0 aliphatic rings. The summed E-state index contributed by atoms with van der Waals surface area (Å²) >= 11 is 3.42. The molecule has 7 heteroatoms. The maximum Gasteiger partial charge on any atom is 0.276 e. The van der Waals surface area contributed by atoms with Gasteiger partial charge in [-0.05, 0) is 39.2 Å². The summed E-state index contributed by atoms with van der Waals surface area (Å²) in [6.45, 7) is 2.48. The smallest absolute Gasteiger partial charge is 0.276 e. The Kier molecular flexibility index (Phi) is 4.53. The first-order valence-corrected chi connectivity index (χ1v) is 9.33. The lowest BCUT2D eigenvalue weighted by molar-refractivity contribution is 0.101. The minimum absolute atomic E-state index is 0.250. The highest BCUT2D eigenvalue weighted by Crippen LogP contribution is 2.22. The van der Waals surface area contributed by atoms with Crippen LogP contribution >= 0.6 is 15.9 Å². The average Bonchev–Trinajstić information content (AvgIpc) is 3.19. The number of hydrogen-bond acceptors (Lipinski definition) is 3. The highest BCUT2D eigenvalue weighted by molar-refractivity contribution is 9.10. The fourth-order valence-electron chi connectivity index (χ4n) is 3.18. The third-order valence-corrected chi connectivity index (χ3v) is 5.41. The fraction of sp³-hybridized carbons (Fsp3) is 0.150. The van der Waals surface area contributed by atoms with Crippen LogP contribution in [0.3, 0.4) is 0 Å². The van der Waals surface area contributed by atoms with E-state index >= 15 is 0 Å². The van der Waals surface area contributed by atoms with Crippen LogP contribution in [-0.4, -0.2) is 25.5 Å². The first-order valence-electron chi connectivity index (χ1n) is 8.53. The monoisotopic (exact) mass is 423 g/mol. The second-order valence-corrected chi connectivity index (χ2v) is 7.16. The van der Waals surface area contributed by atoms with Crippen LogP contribution < -0.4 is 5.32 Å². The average molecular weight is 424 g/mol. The number of halogens is 1. The standard InChI is InChI=1S/C20H18BrN5O/c1-13-18(21)19(25(2)23-13)20(27)22-17-10-11-26(24-17)12-15-8-5-7-14-6-3-4-9-16(14)15/h3-11H,12H2,1-2H3,(H,22,24,27). The third kappa shape index (κ3) is 3.38. The van der Waals surface area contributed by atoms with Crippen LogP contribution in [0.4, 0.5) is 5.82 Å². The van der Waals surface area contributed by atoms with Crippen molar-refractivity contribution in [1.29, 1.82) is 0 Å². The SMILES string of the molecule is Cc1nn(C)c(C(=O)Nc2ccn(Cc3cccc4ccccc34)n2)c1Br. The molecule has 0 radical (unpaired) electrons. The Balaban J connectivity index is 1.54. The number of aromatic nitrogens is 4. The molecule has 2 aromatic heterocycles. The van der Waals surface area contributed by atoms with Gasteiger partial charge in [-0.3, -0.25) is 14.2 Å². The van der Waals surface area contributed by atoms with E-state index in [0.29, 0.717) is 22.5 Å². The van der Waals surface area contributed by atoms with Gasteiger partial charge >= 0.3 is 0 Å². The van der Waals surface area contributed by atoms with Crippen molar-refractivity contribution < 1.29 is 4.79 Å². The molecule has 2 heterocycles. The van der Waals surface area contributed by atoms with Crippen molar-refractivity contribution in [3.8, 4) is 0 Å². The Hall–Kier alpha value is -2.93. The van der Waals surface area contributed by atoms with Crippen molar-refractivity contribution >= 4 is 38.4 Å². The van der Waals surface area contributed by atoms with Gasteiger partial charge in [-0.15, -0.1) is 0 Å². The number of nitrogens with zero attached hydrogens (tertiary/aromatic N) is 4. The second kappa shape index (κ2) is 7.00. The summed E-state index contributed by atoms with van der Waals surface area (Å²) in [7, 11) is 1.74. The molecule has 0 bridgehead atoms. The first kappa shape index (κ1) is 17.5. The molecule has 136 valence electrons. The number of benzene rings is 2. The summed E-state index contributed by atoms with van der Waals surface area (Å²) in [6.07, 6.45) is 1.86. The largest absolute Gasteiger partial charge is 0.304 e. The van der Waals surface area contributed by atoms with E-state index in [9.17, 15) is 4.79 Å². The molecule has 4 rings (SSSR count). The van der Waals surface area contributed by atoms with E-state index in [1.54, 1.807) is 17.8 Å². The Bertz CT molecular complexity index is 1140. The topological polar surface area (TPSA) is 64.7 Å². The first-order chi connectivity index (χ1) is 13.0. The van der Waals surface area contributed by atoms with E-state index in [-0.39, 0.29) is 5.91 Å². The molecule has 0 fully saturated rings. The zero-order valence-corrected chi connectivity index (χ0v) is 16.6. The summed E-state index contributed by atoms with van der Waals surface area (Å²) < 4.78 is 4.07. The van der Waals surface area contributed by atoms with E-state index < -0.39 is 0 Å².